The summed E-state index contributed by atoms with van der Waals surface area (Å²) < 4.78 is 4.20. The Bertz CT molecular complexity index is 612. The first-order valence-corrected chi connectivity index (χ1v) is 10.9. The van der Waals surface area contributed by atoms with E-state index in [1.54, 1.807) is 0 Å². The molecule has 0 bridgehead atoms. The Kier molecular flexibility index (Phi) is 8.32. The lowest BCUT2D eigenvalue weighted by molar-refractivity contribution is 1.18. The molecule has 0 saturated heterocycles. The van der Waals surface area contributed by atoms with E-state index in [-0.39, 0.29) is 0 Å². The second-order valence-corrected chi connectivity index (χ2v) is 9.50. The van der Waals surface area contributed by atoms with Gasteiger partial charge in [-0.2, -0.15) is 0 Å². The molecule has 0 saturated carbocycles. The molecule has 23 heavy (non-hydrogen) atoms. The molecule has 2 rings (SSSR count). The summed E-state index contributed by atoms with van der Waals surface area (Å²) in [7, 11) is 0. The van der Waals surface area contributed by atoms with Crippen molar-refractivity contribution >= 4 is 67.8 Å². The molecule has 126 valence electrons. The first kappa shape index (κ1) is 21.7. The summed E-state index contributed by atoms with van der Waals surface area (Å²) >= 11 is 7.25. The molecule has 3 heteroatoms. The SMILES string of the molecule is Cc1c(C)c(C)c(I)c(I)c1C.Cc1cc(I)c(C)c(C)c1C. The quantitative estimate of drug-likeness (QED) is 0.258. The minimum absolute atomic E-state index is 1.38. The van der Waals surface area contributed by atoms with Gasteiger partial charge in [0, 0.05) is 10.7 Å². The van der Waals surface area contributed by atoms with Crippen LogP contribution in [0.15, 0.2) is 6.07 Å². The van der Waals surface area contributed by atoms with Gasteiger partial charge in [0.25, 0.3) is 0 Å². The standard InChI is InChI=1S/C10H12I2.C10H13I/c1-5-6(2)8(4)10(12)9(11)7(5)3;1-6-5-10(11)9(4)8(3)7(6)2/h1-4H3;5H,1-4H3. The Balaban J connectivity index is 0.000000231. The molecule has 0 unspecified atom stereocenters. The summed E-state index contributed by atoms with van der Waals surface area (Å²) in [5.41, 5.74) is 11.4. The fraction of sp³-hybridized carbons (Fsp3) is 0.400. The zero-order valence-corrected chi connectivity index (χ0v) is 21.7. The molecule has 0 aliphatic carbocycles. The summed E-state index contributed by atoms with van der Waals surface area (Å²) in [6.45, 7) is 17.5. The van der Waals surface area contributed by atoms with Gasteiger partial charge in [0.1, 0.15) is 0 Å². The molecule has 0 atom stereocenters. The van der Waals surface area contributed by atoms with E-state index in [2.05, 4.69) is 129 Å². The lowest BCUT2D eigenvalue weighted by Crippen LogP contribution is -1.98. The van der Waals surface area contributed by atoms with Crippen molar-refractivity contribution in [2.75, 3.05) is 0 Å². The van der Waals surface area contributed by atoms with Crippen molar-refractivity contribution in [1.82, 2.24) is 0 Å². The highest BCUT2D eigenvalue weighted by Crippen LogP contribution is 2.28. The fourth-order valence-corrected chi connectivity index (χ4v) is 4.87. The highest BCUT2D eigenvalue weighted by Gasteiger charge is 2.10. The van der Waals surface area contributed by atoms with E-state index >= 15 is 0 Å². The number of hydrogen-bond donors (Lipinski definition) is 0. The van der Waals surface area contributed by atoms with Gasteiger partial charge in [-0.15, -0.1) is 0 Å². The zero-order chi connectivity index (χ0) is 18.1. The van der Waals surface area contributed by atoms with E-state index in [4.69, 9.17) is 0 Å². The van der Waals surface area contributed by atoms with E-state index in [0.29, 0.717) is 0 Å². The van der Waals surface area contributed by atoms with Crippen molar-refractivity contribution in [1.29, 1.82) is 0 Å². The van der Waals surface area contributed by atoms with Crippen molar-refractivity contribution in [3.63, 3.8) is 0 Å². The molecule has 0 nitrogen and oxygen atoms in total. The van der Waals surface area contributed by atoms with Gasteiger partial charge < -0.3 is 0 Å². The molecule has 0 fully saturated rings. The third kappa shape index (κ3) is 4.84. The van der Waals surface area contributed by atoms with E-state index in [1.165, 1.54) is 55.2 Å². The summed E-state index contributed by atoms with van der Waals surface area (Å²) in [6, 6.07) is 2.25. The molecular formula is C20H25I3. The van der Waals surface area contributed by atoms with Crippen LogP contribution in [0.2, 0.25) is 0 Å². The van der Waals surface area contributed by atoms with Crippen LogP contribution in [0.5, 0.6) is 0 Å². The maximum Gasteiger partial charge on any atom is 0.0298 e. The summed E-state index contributed by atoms with van der Waals surface area (Å²) in [4.78, 5) is 0. The first-order valence-electron chi connectivity index (χ1n) is 7.64. The van der Waals surface area contributed by atoms with Crippen molar-refractivity contribution in [3.05, 3.63) is 61.3 Å². The van der Waals surface area contributed by atoms with Crippen molar-refractivity contribution in [3.8, 4) is 0 Å². The van der Waals surface area contributed by atoms with Crippen LogP contribution in [0.1, 0.15) is 44.5 Å². The van der Waals surface area contributed by atoms with Crippen LogP contribution in [0, 0.1) is 66.1 Å². The van der Waals surface area contributed by atoms with E-state index in [9.17, 15) is 0 Å². The number of aryl methyl sites for hydroxylation is 1. The largest absolute Gasteiger partial charge is 0.0469 e. The summed E-state index contributed by atoms with van der Waals surface area (Å²) in [6.07, 6.45) is 0. The molecule has 0 radical (unpaired) electrons. The highest BCUT2D eigenvalue weighted by molar-refractivity contribution is 14.1. The monoisotopic (exact) mass is 646 g/mol. The number of halogens is 3. The summed E-state index contributed by atoms with van der Waals surface area (Å²) in [5, 5.41) is 0. The van der Waals surface area contributed by atoms with Gasteiger partial charge in [0.15, 0.2) is 0 Å². The zero-order valence-electron chi connectivity index (χ0n) is 15.2. The lowest BCUT2D eigenvalue weighted by Gasteiger charge is -2.13. The molecule has 0 N–H and O–H groups in total. The lowest BCUT2D eigenvalue weighted by atomic mass is 10.00. The van der Waals surface area contributed by atoms with E-state index in [0.717, 1.165) is 0 Å². The second-order valence-electron chi connectivity index (χ2n) is 6.18. The van der Waals surface area contributed by atoms with Crippen LogP contribution in [0.3, 0.4) is 0 Å². The van der Waals surface area contributed by atoms with E-state index < -0.39 is 0 Å². The van der Waals surface area contributed by atoms with Crippen LogP contribution in [-0.2, 0) is 0 Å². The Labute approximate surface area is 182 Å². The average Bonchev–Trinajstić information content (AvgIpc) is 2.53. The van der Waals surface area contributed by atoms with Gasteiger partial charge in [0.2, 0.25) is 0 Å². The van der Waals surface area contributed by atoms with Crippen LogP contribution in [-0.4, -0.2) is 0 Å². The highest BCUT2D eigenvalue weighted by atomic mass is 127. The van der Waals surface area contributed by atoms with Gasteiger partial charge in [-0.3, -0.25) is 0 Å². The third-order valence-corrected chi connectivity index (χ3v) is 9.81. The van der Waals surface area contributed by atoms with Crippen LogP contribution >= 0.6 is 67.8 Å². The Morgan fingerprint density at radius 1 is 0.478 bits per heavy atom. The molecule has 0 aliphatic heterocycles. The Morgan fingerprint density at radius 3 is 1.22 bits per heavy atom. The van der Waals surface area contributed by atoms with Crippen molar-refractivity contribution < 1.29 is 0 Å². The van der Waals surface area contributed by atoms with Gasteiger partial charge in [-0.05, 0) is 174 Å². The first-order chi connectivity index (χ1) is 10.5. The summed E-state index contributed by atoms with van der Waals surface area (Å²) in [5.74, 6) is 0. The molecule has 2 aromatic carbocycles. The minimum Gasteiger partial charge on any atom is -0.0469 e. The average molecular weight is 646 g/mol. The second kappa shape index (κ2) is 8.83. The number of hydrogen-bond acceptors (Lipinski definition) is 0. The Morgan fingerprint density at radius 2 is 0.826 bits per heavy atom. The predicted octanol–water partition coefficient (Wildman–Crippen LogP) is 7.65. The van der Waals surface area contributed by atoms with Gasteiger partial charge in [0.05, 0.1) is 0 Å². The van der Waals surface area contributed by atoms with Crippen LogP contribution < -0.4 is 0 Å². The predicted molar refractivity (Wildman–Crippen MR) is 129 cm³/mol. The van der Waals surface area contributed by atoms with Crippen LogP contribution in [0.25, 0.3) is 0 Å². The maximum atomic E-state index is 2.43. The van der Waals surface area contributed by atoms with Crippen LogP contribution in [0.4, 0.5) is 0 Å². The Hall–Kier alpha value is 0.630. The smallest absolute Gasteiger partial charge is 0.0298 e. The molecule has 0 heterocycles. The van der Waals surface area contributed by atoms with E-state index in [1.807, 2.05) is 0 Å². The number of rotatable bonds is 0. The molecule has 2 aromatic rings. The molecular weight excluding hydrogens is 621 g/mol. The normalized spacial score (nSPS) is 10.4. The van der Waals surface area contributed by atoms with Gasteiger partial charge in [-0.25, -0.2) is 0 Å². The minimum atomic E-state index is 1.38. The number of benzene rings is 2. The molecule has 0 spiro atoms. The topological polar surface area (TPSA) is 0 Å². The maximum absolute atomic E-state index is 2.43. The van der Waals surface area contributed by atoms with Crippen molar-refractivity contribution in [2.24, 2.45) is 0 Å². The molecule has 0 aromatic heterocycles. The van der Waals surface area contributed by atoms with Gasteiger partial charge in [-0.1, -0.05) is 0 Å². The van der Waals surface area contributed by atoms with Gasteiger partial charge >= 0.3 is 0 Å². The van der Waals surface area contributed by atoms with Crippen molar-refractivity contribution in [2.45, 2.75) is 55.4 Å². The molecule has 0 amide bonds. The molecule has 0 aliphatic rings. The fourth-order valence-electron chi connectivity index (χ4n) is 2.38. The third-order valence-electron chi connectivity index (χ3n) is 4.96.